The largest absolute Gasteiger partial charge is 0.321 e. The topological polar surface area (TPSA) is 49.9 Å². The summed E-state index contributed by atoms with van der Waals surface area (Å²) in [5.41, 5.74) is 2.95. The van der Waals surface area contributed by atoms with Gasteiger partial charge in [0.25, 0.3) is 5.56 Å². The van der Waals surface area contributed by atoms with Crippen molar-refractivity contribution in [2.75, 3.05) is 0 Å². The summed E-state index contributed by atoms with van der Waals surface area (Å²) in [6, 6.07) is 22.6. The van der Waals surface area contributed by atoms with Crippen molar-refractivity contribution in [3.8, 4) is 0 Å². The number of carbonyl (C=O) groups is 1. The molecule has 4 rings (SSSR count). The van der Waals surface area contributed by atoms with Crippen LogP contribution in [0.5, 0.6) is 0 Å². The van der Waals surface area contributed by atoms with Gasteiger partial charge in [0.15, 0.2) is 5.78 Å². The van der Waals surface area contributed by atoms with E-state index in [1.807, 2.05) is 54.6 Å². The van der Waals surface area contributed by atoms with E-state index >= 15 is 0 Å². The van der Waals surface area contributed by atoms with Gasteiger partial charge in [-0.25, -0.2) is 0 Å². The molecule has 0 fully saturated rings. The first-order chi connectivity index (χ1) is 14.5. The molecule has 0 radical (unpaired) electrons. The van der Waals surface area contributed by atoms with Crippen LogP contribution >= 0.6 is 27.5 Å². The second-order valence-electron chi connectivity index (χ2n) is 6.91. The normalized spacial score (nSPS) is 11.3. The molecule has 1 N–H and O–H groups in total. The Kier molecular flexibility index (Phi) is 5.98. The predicted octanol–water partition coefficient (Wildman–Crippen LogP) is 6.43. The van der Waals surface area contributed by atoms with Crippen molar-refractivity contribution in [1.29, 1.82) is 0 Å². The molecule has 0 aliphatic carbocycles. The van der Waals surface area contributed by atoms with Crippen molar-refractivity contribution < 1.29 is 4.79 Å². The number of allylic oxidation sites excluding steroid dienone is 1. The van der Waals surface area contributed by atoms with Crippen LogP contribution in [0.2, 0.25) is 5.02 Å². The molecule has 0 unspecified atom stereocenters. The van der Waals surface area contributed by atoms with Gasteiger partial charge >= 0.3 is 0 Å². The van der Waals surface area contributed by atoms with Gasteiger partial charge in [-0.1, -0.05) is 76.1 Å². The number of hydrogen-bond acceptors (Lipinski definition) is 2. The standard InChI is InChI=1S/C25H17BrClNO2/c26-18-9-6-16(7-10-18)8-13-23(29)24-21(14-17-4-2-1-3-5-17)20-15-19(27)11-12-22(20)28-25(24)30/h1-13,15H,14H2,(H,28,30)/b13-8+. The minimum Gasteiger partial charge on any atom is -0.321 e. The number of aromatic nitrogens is 1. The van der Waals surface area contributed by atoms with E-state index in [4.69, 9.17) is 11.6 Å². The molecule has 148 valence electrons. The smallest absolute Gasteiger partial charge is 0.259 e. The van der Waals surface area contributed by atoms with Crippen LogP contribution in [0.15, 0.2) is 88.1 Å². The number of hydrogen-bond donors (Lipinski definition) is 1. The molecule has 3 aromatic carbocycles. The molecule has 1 heterocycles. The maximum atomic E-state index is 13.1. The van der Waals surface area contributed by atoms with E-state index in [1.165, 1.54) is 6.08 Å². The highest BCUT2D eigenvalue weighted by Gasteiger charge is 2.18. The van der Waals surface area contributed by atoms with E-state index in [0.717, 1.165) is 21.0 Å². The van der Waals surface area contributed by atoms with Crippen LogP contribution in [0.1, 0.15) is 27.0 Å². The molecule has 4 aromatic rings. The van der Waals surface area contributed by atoms with Gasteiger partial charge in [0, 0.05) is 20.4 Å². The lowest BCUT2D eigenvalue weighted by Crippen LogP contribution is -2.20. The minimum atomic E-state index is -0.402. The fraction of sp³-hybridized carbons (Fsp3) is 0.0400. The highest BCUT2D eigenvalue weighted by Crippen LogP contribution is 2.25. The Labute approximate surface area is 187 Å². The van der Waals surface area contributed by atoms with E-state index in [-0.39, 0.29) is 11.3 Å². The second kappa shape index (κ2) is 8.82. The highest BCUT2D eigenvalue weighted by atomic mass is 79.9. The third kappa shape index (κ3) is 4.45. The van der Waals surface area contributed by atoms with Crippen LogP contribution in [0.25, 0.3) is 17.0 Å². The van der Waals surface area contributed by atoms with Gasteiger partial charge in [0.1, 0.15) is 0 Å². The monoisotopic (exact) mass is 477 g/mol. The second-order valence-corrected chi connectivity index (χ2v) is 8.26. The molecule has 3 nitrogen and oxygen atoms in total. The van der Waals surface area contributed by atoms with Crippen LogP contribution in [-0.2, 0) is 6.42 Å². The number of benzene rings is 3. The first-order valence-electron chi connectivity index (χ1n) is 9.37. The molecule has 0 atom stereocenters. The van der Waals surface area contributed by atoms with Crippen LogP contribution in [0.4, 0.5) is 0 Å². The molecular weight excluding hydrogens is 462 g/mol. The molecule has 30 heavy (non-hydrogen) atoms. The Bertz CT molecular complexity index is 1310. The van der Waals surface area contributed by atoms with E-state index < -0.39 is 5.56 Å². The summed E-state index contributed by atoms with van der Waals surface area (Å²) < 4.78 is 0.957. The zero-order valence-electron chi connectivity index (χ0n) is 15.9. The van der Waals surface area contributed by atoms with Gasteiger partial charge in [-0.2, -0.15) is 0 Å². The quantitative estimate of drug-likeness (QED) is 0.265. The number of carbonyl (C=O) groups excluding carboxylic acids is 1. The maximum absolute atomic E-state index is 13.1. The average molecular weight is 479 g/mol. The third-order valence-corrected chi connectivity index (χ3v) is 5.61. The first kappa shape index (κ1) is 20.3. The number of ketones is 1. The molecule has 0 saturated carbocycles. The molecule has 0 aliphatic heterocycles. The Hall–Kier alpha value is -2.95. The Morgan fingerprint density at radius 1 is 1.00 bits per heavy atom. The highest BCUT2D eigenvalue weighted by molar-refractivity contribution is 9.10. The number of nitrogens with one attached hydrogen (secondary N) is 1. The van der Waals surface area contributed by atoms with Crippen molar-refractivity contribution >= 4 is 50.3 Å². The van der Waals surface area contributed by atoms with Gasteiger partial charge in [0.2, 0.25) is 0 Å². The summed E-state index contributed by atoms with van der Waals surface area (Å²) in [4.78, 5) is 28.8. The van der Waals surface area contributed by atoms with Gasteiger partial charge in [0.05, 0.1) is 5.56 Å². The summed E-state index contributed by atoms with van der Waals surface area (Å²) in [5, 5.41) is 1.32. The third-order valence-electron chi connectivity index (χ3n) is 4.85. The molecule has 0 amide bonds. The lowest BCUT2D eigenvalue weighted by molar-refractivity contribution is 0.104. The van der Waals surface area contributed by atoms with Gasteiger partial charge < -0.3 is 4.98 Å². The molecule has 5 heteroatoms. The van der Waals surface area contributed by atoms with E-state index in [9.17, 15) is 9.59 Å². The number of pyridine rings is 1. The van der Waals surface area contributed by atoms with E-state index in [2.05, 4.69) is 20.9 Å². The summed E-state index contributed by atoms with van der Waals surface area (Å²) in [6.07, 6.45) is 3.61. The molecular formula is C25H17BrClNO2. The Morgan fingerprint density at radius 2 is 1.73 bits per heavy atom. The van der Waals surface area contributed by atoms with Crippen molar-refractivity contribution in [2.45, 2.75) is 6.42 Å². The lowest BCUT2D eigenvalue weighted by atomic mass is 9.94. The fourth-order valence-electron chi connectivity index (χ4n) is 3.41. The average Bonchev–Trinajstić information content (AvgIpc) is 2.74. The van der Waals surface area contributed by atoms with Gasteiger partial charge in [-0.3, -0.25) is 9.59 Å². The Morgan fingerprint density at radius 3 is 2.47 bits per heavy atom. The zero-order valence-corrected chi connectivity index (χ0v) is 18.2. The van der Waals surface area contributed by atoms with Crippen molar-refractivity contribution in [1.82, 2.24) is 4.98 Å². The number of halogens is 2. The van der Waals surface area contributed by atoms with Crippen molar-refractivity contribution in [2.24, 2.45) is 0 Å². The maximum Gasteiger partial charge on any atom is 0.259 e. The van der Waals surface area contributed by atoms with Crippen molar-refractivity contribution in [3.63, 3.8) is 0 Å². The van der Waals surface area contributed by atoms with Crippen LogP contribution < -0.4 is 5.56 Å². The molecule has 0 spiro atoms. The Balaban J connectivity index is 1.84. The summed E-state index contributed by atoms with van der Waals surface area (Å²) in [5.74, 6) is -0.341. The number of aromatic amines is 1. The minimum absolute atomic E-state index is 0.141. The van der Waals surface area contributed by atoms with E-state index in [1.54, 1.807) is 24.3 Å². The molecule has 0 bridgehead atoms. The van der Waals surface area contributed by atoms with Gasteiger partial charge in [-0.05, 0) is 59.5 Å². The summed E-state index contributed by atoms with van der Waals surface area (Å²) in [6.45, 7) is 0. The fourth-order valence-corrected chi connectivity index (χ4v) is 3.84. The molecule has 0 saturated heterocycles. The lowest BCUT2D eigenvalue weighted by Gasteiger charge is -2.12. The number of fused-ring (bicyclic) bond motifs is 1. The predicted molar refractivity (Wildman–Crippen MR) is 126 cm³/mol. The number of H-pyrrole nitrogens is 1. The van der Waals surface area contributed by atoms with Crippen LogP contribution in [0, 0.1) is 0 Å². The summed E-state index contributed by atoms with van der Waals surface area (Å²) >= 11 is 9.62. The SMILES string of the molecule is O=C(/C=C/c1ccc(Br)cc1)c1c(Cc2ccccc2)c2cc(Cl)ccc2[nH]c1=O. The van der Waals surface area contributed by atoms with Gasteiger partial charge in [-0.15, -0.1) is 0 Å². The van der Waals surface area contributed by atoms with E-state index in [0.29, 0.717) is 22.5 Å². The molecule has 1 aromatic heterocycles. The van der Waals surface area contributed by atoms with Crippen molar-refractivity contribution in [3.05, 3.63) is 121 Å². The number of rotatable bonds is 5. The summed E-state index contributed by atoms with van der Waals surface area (Å²) in [7, 11) is 0. The van der Waals surface area contributed by atoms with Crippen LogP contribution in [0.3, 0.4) is 0 Å². The molecule has 0 aliphatic rings. The first-order valence-corrected chi connectivity index (χ1v) is 10.5. The van der Waals surface area contributed by atoms with Crippen LogP contribution in [-0.4, -0.2) is 10.8 Å². The zero-order chi connectivity index (χ0) is 21.1.